The Labute approximate surface area is 133 Å². The molecule has 1 aliphatic rings. The molecule has 0 saturated carbocycles. The minimum absolute atomic E-state index is 0.0528. The number of aromatic nitrogens is 2. The van der Waals surface area contributed by atoms with Crippen LogP contribution in [-0.2, 0) is 14.8 Å². The number of ether oxygens (including phenoxy) is 1. The zero-order valence-electron chi connectivity index (χ0n) is 12.1. The lowest BCUT2D eigenvalue weighted by molar-refractivity contribution is 0.0696. The molecular formula is C14H15N3O5S. The highest BCUT2D eigenvalue weighted by Gasteiger charge is 2.27. The average molecular weight is 337 g/mol. The van der Waals surface area contributed by atoms with Crippen LogP contribution < -0.4 is 0 Å². The summed E-state index contributed by atoms with van der Waals surface area (Å²) in [5.41, 5.74) is 0.331. The molecule has 1 fully saturated rings. The van der Waals surface area contributed by atoms with E-state index >= 15 is 0 Å². The molecule has 2 heterocycles. The van der Waals surface area contributed by atoms with E-state index in [-0.39, 0.29) is 23.5 Å². The van der Waals surface area contributed by atoms with Crippen molar-refractivity contribution in [3.8, 4) is 5.69 Å². The van der Waals surface area contributed by atoms with Gasteiger partial charge in [0.15, 0.2) is 0 Å². The lowest BCUT2D eigenvalue weighted by atomic mass is 10.2. The van der Waals surface area contributed by atoms with E-state index in [1.807, 2.05) is 0 Å². The van der Waals surface area contributed by atoms with E-state index < -0.39 is 16.0 Å². The molecule has 0 amide bonds. The lowest BCUT2D eigenvalue weighted by Crippen LogP contribution is -2.40. The molecular weight excluding hydrogens is 322 g/mol. The predicted molar refractivity (Wildman–Crippen MR) is 80.1 cm³/mol. The number of sulfonamides is 1. The van der Waals surface area contributed by atoms with Crippen LogP contribution in [0.15, 0.2) is 41.8 Å². The minimum atomic E-state index is -3.78. The first-order chi connectivity index (χ1) is 11.0. The van der Waals surface area contributed by atoms with Crippen molar-refractivity contribution in [2.24, 2.45) is 0 Å². The first-order valence-corrected chi connectivity index (χ1v) is 8.37. The zero-order chi connectivity index (χ0) is 16.4. The molecule has 8 nitrogen and oxygen atoms in total. The van der Waals surface area contributed by atoms with Gasteiger partial charge in [-0.1, -0.05) is 0 Å². The lowest BCUT2D eigenvalue weighted by Gasteiger charge is -2.26. The summed E-state index contributed by atoms with van der Waals surface area (Å²) < 4.78 is 33.5. The zero-order valence-corrected chi connectivity index (χ0v) is 12.9. The third-order valence-corrected chi connectivity index (χ3v) is 5.43. The fraction of sp³-hybridized carbons (Fsp3) is 0.286. The fourth-order valence-electron chi connectivity index (χ4n) is 2.35. The maximum Gasteiger partial charge on any atom is 0.335 e. The SMILES string of the molecule is O=C(O)c1cc(-n2ccnc2)cc(S(=O)(=O)N2CCOCC2)c1. The number of hydrogen-bond donors (Lipinski definition) is 1. The summed E-state index contributed by atoms with van der Waals surface area (Å²) in [5, 5.41) is 9.25. The number of morpholine rings is 1. The number of aromatic carboxylic acids is 1. The molecule has 1 saturated heterocycles. The van der Waals surface area contributed by atoms with Crippen LogP contribution in [-0.4, -0.2) is 59.7 Å². The molecule has 0 unspecified atom stereocenters. The van der Waals surface area contributed by atoms with Crippen LogP contribution >= 0.6 is 0 Å². The maximum atomic E-state index is 12.7. The first-order valence-electron chi connectivity index (χ1n) is 6.93. The van der Waals surface area contributed by atoms with E-state index in [9.17, 15) is 18.3 Å². The molecule has 2 aromatic rings. The van der Waals surface area contributed by atoms with Crippen LogP contribution in [0.25, 0.3) is 5.69 Å². The second kappa shape index (κ2) is 6.11. The summed E-state index contributed by atoms with van der Waals surface area (Å²) in [5.74, 6) is -1.19. The third kappa shape index (κ3) is 3.11. The van der Waals surface area contributed by atoms with Gasteiger partial charge in [0.05, 0.1) is 30.0 Å². The summed E-state index contributed by atoms with van der Waals surface area (Å²) >= 11 is 0. The fourth-order valence-corrected chi connectivity index (χ4v) is 3.83. The molecule has 0 spiro atoms. The van der Waals surface area contributed by atoms with E-state index in [1.54, 1.807) is 10.8 Å². The molecule has 1 aromatic heterocycles. The number of rotatable bonds is 4. The summed E-state index contributed by atoms with van der Waals surface area (Å²) in [6.45, 7) is 1.15. The van der Waals surface area contributed by atoms with Crippen molar-refractivity contribution >= 4 is 16.0 Å². The van der Waals surface area contributed by atoms with Gasteiger partial charge in [-0.25, -0.2) is 18.2 Å². The molecule has 3 rings (SSSR count). The smallest absolute Gasteiger partial charge is 0.335 e. The van der Waals surface area contributed by atoms with Gasteiger partial charge in [-0.2, -0.15) is 4.31 Å². The number of benzene rings is 1. The molecule has 9 heteroatoms. The Kier molecular flexibility index (Phi) is 4.16. The summed E-state index contributed by atoms with van der Waals surface area (Å²) in [4.78, 5) is 15.2. The summed E-state index contributed by atoms with van der Waals surface area (Å²) in [6, 6.07) is 4.02. The highest BCUT2D eigenvalue weighted by Crippen LogP contribution is 2.22. The number of carboxylic acid groups (broad SMARTS) is 1. The quantitative estimate of drug-likeness (QED) is 0.876. The molecule has 1 aliphatic heterocycles. The Morgan fingerprint density at radius 1 is 1.22 bits per heavy atom. The number of carboxylic acids is 1. The third-order valence-electron chi connectivity index (χ3n) is 3.55. The number of carbonyl (C=O) groups is 1. The first kappa shape index (κ1) is 15.7. The average Bonchev–Trinajstić information content (AvgIpc) is 3.09. The Hall–Kier alpha value is -2.23. The van der Waals surface area contributed by atoms with E-state index in [0.717, 1.165) is 0 Å². The Morgan fingerprint density at radius 2 is 1.96 bits per heavy atom. The summed E-state index contributed by atoms with van der Waals surface area (Å²) in [6.07, 6.45) is 4.63. The normalized spacial score (nSPS) is 16.3. The second-order valence-electron chi connectivity index (χ2n) is 5.01. The van der Waals surface area contributed by atoms with Crippen molar-refractivity contribution in [1.29, 1.82) is 0 Å². The standard InChI is InChI=1S/C14H15N3O5S/c18-14(19)11-7-12(16-2-1-15-10-16)9-13(8-11)23(20,21)17-3-5-22-6-4-17/h1-2,7-10H,3-6H2,(H,18,19). The van der Waals surface area contributed by atoms with E-state index in [0.29, 0.717) is 18.9 Å². The van der Waals surface area contributed by atoms with Crippen molar-refractivity contribution in [3.05, 3.63) is 42.5 Å². The van der Waals surface area contributed by atoms with Crippen LogP contribution in [0.1, 0.15) is 10.4 Å². The number of hydrogen-bond acceptors (Lipinski definition) is 5. The maximum absolute atomic E-state index is 12.7. The number of nitrogens with zero attached hydrogens (tertiary/aromatic N) is 3. The molecule has 0 aliphatic carbocycles. The van der Waals surface area contributed by atoms with Crippen molar-refractivity contribution in [2.75, 3.05) is 26.3 Å². The van der Waals surface area contributed by atoms with Crippen molar-refractivity contribution in [1.82, 2.24) is 13.9 Å². The van der Waals surface area contributed by atoms with Gasteiger partial charge in [-0.15, -0.1) is 0 Å². The van der Waals surface area contributed by atoms with E-state index in [4.69, 9.17) is 4.74 Å². The van der Waals surface area contributed by atoms with Gasteiger partial charge in [-0.3, -0.25) is 0 Å². The molecule has 0 atom stereocenters. The molecule has 0 bridgehead atoms. The van der Waals surface area contributed by atoms with E-state index in [1.165, 1.54) is 35.0 Å². The van der Waals surface area contributed by atoms with Crippen molar-refractivity contribution in [3.63, 3.8) is 0 Å². The van der Waals surface area contributed by atoms with Gasteiger partial charge in [0.1, 0.15) is 0 Å². The molecule has 0 radical (unpaired) electrons. The largest absolute Gasteiger partial charge is 0.478 e. The molecule has 1 N–H and O–H groups in total. The molecule has 23 heavy (non-hydrogen) atoms. The predicted octanol–water partition coefficient (Wildman–Crippen LogP) is 0.591. The van der Waals surface area contributed by atoms with Gasteiger partial charge in [0.25, 0.3) is 0 Å². The molecule has 122 valence electrons. The van der Waals surface area contributed by atoms with Gasteiger partial charge < -0.3 is 14.4 Å². The van der Waals surface area contributed by atoms with Crippen LogP contribution in [0.5, 0.6) is 0 Å². The molecule has 1 aromatic carbocycles. The second-order valence-corrected chi connectivity index (χ2v) is 6.95. The minimum Gasteiger partial charge on any atom is -0.478 e. The van der Waals surface area contributed by atoms with Crippen LogP contribution in [0.4, 0.5) is 0 Å². The van der Waals surface area contributed by atoms with Crippen LogP contribution in [0, 0.1) is 0 Å². The monoisotopic (exact) mass is 337 g/mol. The topological polar surface area (TPSA) is 102 Å². The Balaban J connectivity index is 2.09. The van der Waals surface area contributed by atoms with Gasteiger partial charge in [-0.05, 0) is 18.2 Å². The Bertz CT molecular complexity index is 811. The van der Waals surface area contributed by atoms with Crippen molar-refractivity contribution < 1.29 is 23.1 Å². The van der Waals surface area contributed by atoms with Gasteiger partial charge in [0, 0.05) is 31.2 Å². The number of imidazole rings is 1. The summed E-state index contributed by atoms with van der Waals surface area (Å²) in [7, 11) is -3.78. The van der Waals surface area contributed by atoms with E-state index in [2.05, 4.69) is 4.98 Å². The highest BCUT2D eigenvalue weighted by atomic mass is 32.2. The van der Waals surface area contributed by atoms with Gasteiger partial charge in [0.2, 0.25) is 10.0 Å². The van der Waals surface area contributed by atoms with Crippen LogP contribution in [0.2, 0.25) is 0 Å². The highest BCUT2D eigenvalue weighted by molar-refractivity contribution is 7.89. The van der Waals surface area contributed by atoms with Gasteiger partial charge >= 0.3 is 5.97 Å². The Morgan fingerprint density at radius 3 is 2.57 bits per heavy atom. The van der Waals surface area contributed by atoms with Crippen molar-refractivity contribution in [2.45, 2.75) is 4.90 Å². The van der Waals surface area contributed by atoms with Crippen LogP contribution in [0.3, 0.4) is 0 Å².